The molecular weight excluding hydrogens is 481 g/mol. The zero-order valence-corrected chi connectivity index (χ0v) is 18.9. The van der Waals surface area contributed by atoms with Gasteiger partial charge in [-0.15, -0.1) is 0 Å². The average Bonchev–Trinajstić information content (AvgIpc) is 2.95. The molecule has 29 heavy (non-hydrogen) atoms. The Hall–Kier alpha value is -2.19. The van der Waals surface area contributed by atoms with Gasteiger partial charge in [0, 0.05) is 29.4 Å². The van der Waals surface area contributed by atoms with Crippen molar-refractivity contribution in [2.24, 2.45) is 0 Å². The Morgan fingerprint density at radius 2 is 1.83 bits per heavy atom. The van der Waals surface area contributed by atoms with Gasteiger partial charge in [-0.25, -0.2) is 0 Å². The highest BCUT2D eigenvalue weighted by molar-refractivity contribution is 14.1. The summed E-state index contributed by atoms with van der Waals surface area (Å²) in [5.74, 6) is -1.36. The zero-order chi connectivity index (χ0) is 21.1. The molecule has 152 valence electrons. The predicted molar refractivity (Wildman–Crippen MR) is 121 cm³/mol. The van der Waals surface area contributed by atoms with Crippen LogP contribution in [0.25, 0.3) is 5.76 Å². The smallest absolute Gasteiger partial charge is 0.295 e. The van der Waals surface area contributed by atoms with E-state index in [4.69, 9.17) is 4.74 Å². The van der Waals surface area contributed by atoms with E-state index < -0.39 is 17.7 Å². The lowest BCUT2D eigenvalue weighted by Crippen LogP contribution is -2.31. The summed E-state index contributed by atoms with van der Waals surface area (Å²) in [7, 11) is 1.60. The van der Waals surface area contributed by atoms with E-state index in [9.17, 15) is 14.7 Å². The number of benzene rings is 2. The number of likely N-dealkylation sites (tertiary alicyclic amines) is 1. The largest absolute Gasteiger partial charge is 0.507 e. The summed E-state index contributed by atoms with van der Waals surface area (Å²) in [6, 6.07) is 12.7. The molecule has 0 aliphatic carbocycles. The maximum absolute atomic E-state index is 13.0. The minimum atomic E-state index is -0.649. The molecule has 2 aromatic carbocycles. The summed E-state index contributed by atoms with van der Waals surface area (Å²) >= 11 is 2.21. The molecule has 1 fully saturated rings. The highest BCUT2D eigenvalue weighted by Gasteiger charge is 2.45. The number of aliphatic hydroxyl groups is 1. The van der Waals surface area contributed by atoms with Gasteiger partial charge in [-0.2, -0.15) is 0 Å². The van der Waals surface area contributed by atoms with E-state index in [2.05, 4.69) is 22.6 Å². The number of ketones is 1. The first-order chi connectivity index (χ1) is 13.8. The van der Waals surface area contributed by atoms with Gasteiger partial charge >= 0.3 is 0 Å². The molecule has 0 radical (unpaired) electrons. The molecule has 1 amide bonds. The van der Waals surface area contributed by atoms with E-state index in [1.165, 1.54) is 0 Å². The molecule has 1 atom stereocenters. The van der Waals surface area contributed by atoms with Gasteiger partial charge in [-0.05, 0) is 72.2 Å². The number of nitrogens with zero attached hydrogens (tertiary/aromatic N) is 1. The molecule has 1 aliphatic heterocycles. The van der Waals surface area contributed by atoms with E-state index in [0.717, 1.165) is 20.3 Å². The van der Waals surface area contributed by atoms with Crippen molar-refractivity contribution in [1.82, 2.24) is 4.90 Å². The van der Waals surface area contributed by atoms with Gasteiger partial charge in [0.2, 0.25) is 0 Å². The molecule has 5 nitrogen and oxygen atoms in total. The first kappa shape index (κ1) is 21.5. The minimum absolute atomic E-state index is 0.123. The Bertz CT molecular complexity index is 965. The Kier molecular flexibility index (Phi) is 6.74. The van der Waals surface area contributed by atoms with Gasteiger partial charge in [-0.3, -0.25) is 9.59 Å². The Morgan fingerprint density at radius 3 is 2.48 bits per heavy atom. The van der Waals surface area contributed by atoms with Crippen LogP contribution in [0.5, 0.6) is 0 Å². The van der Waals surface area contributed by atoms with Crippen molar-refractivity contribution >= 4 is 40.0 Å². The number of carbonyl (C=O) groups excluding carboxylic acids is 2. The molecule has 1 heterocycles. The number of rotatable bonds is 6. The van der Waals surface area contributed by atoms with Crippen molar-refractivity contribution in [2.75, 3.05) is 20.3 Å². The molecule has 0 aromatic heterocycles. The Morgan fingerprint density at radius 1 is 1.14 bits per heavy atom. The topological polar surface area (TPSA) is 66.8 Å². The summed E-state index contributed by atoms with van der Waals surface area (Å²) in [5, 5.41) is 11.1. The van der Waals surface area contributed by atoms with E-state index in [1.54, 1.807) is 12.0 Å². The Labute approximate surface area is 184 Å². The van der Waals surface area contributed by atoms with Crippen molar-refractivity contribution in [2.45, 2.75) is 26.3 Å². The van der Waals surface area contributed by atoms with Crippen molar-refractivity contribution in [3.63, 3.8) is 0 Å². The van der Waals surface area contributed by atoms with Crippen LogP contribution in [0.1, 0.15) is 34.7 Å². The number of carbonyl (C=O) groups is 2. The first-order valence-corrected chi connectivity index (χ1v) is 10.5. The van der Waals surface area contributed by atoms with E-state index in [0.29, 0.717) is 25.1 Å². The number of aliphatic hydroxyl groups excluding tert-OH is 1. The predicted octanol–water partition coefficient (Wildman–Crippen LogP) is 4.37. The number of methoxy groups -OCH3 is 1. The van der Waals surface area contributed by atoms with Gasteiger partial charge in [0.25, 0.3) is 11.7 Å². The van der Waals surface area contributed by atoms with E-state index in [1.807, 2.05) is 56.3 Å². The zero-order valence-electron chi connectivity index (χ0n) is 16.7. The van der Waals surface area contributed by atoms with Crippen molar-refractivity contribution in [3.8, 4) is 0 Å². The summed E-state index contributed by atoms with van der Waals surface area (Å²) in [4.78, 5) is 27.3. The van der Waals surface area contributed by atoms with Crippen LogP contribution in [0.4, 0.5) is 0 Å². The first-order valence-electron chi connectivity index (χ1n) is 9.45. The number of hydrogen-bond donors (Lipinski definition) is 1. The van der Waals surface area contributed by atoms with Crippen molar-refractivity contribution in [1.29, 1.82) is 0 Å². The fraction of sp³-hybridized carbons (Fsp3) is 0.304. The number of amides is 1. The number of ether oxygens (including phenoxy) is 1. The molecular formula is C23H24INO4. The summed E-state index contributed by atoms with van der Waals surface area (Å²) in [6.07, 6.45) is 0.605. The fourth-order valence-corrected chi connectivity index (χ4v) is 3.98. The van der Waals surface area contributed by atoms with Crippen LogP contribution in [0.15, 0.2) is 48.0 Å². The summed E-state index contributed by atoms with van der Waals surface area (Å²) < 4.78 is 6.16. The molecule has 1 N–H and O–H groups in total. The van der Waals surface area contributed by atoms with Crippen molar-refractivity contribution in [3.05, 3.63) is 73.9 Å². The Balaban J connectivity index is 2.16. The molecule has 3 rings (SSSR count). The minimum Gasteiger partial charge on any atom is -0.507 e. The van der Waals surface area contributed by atoms with Crippen LogP contribution in [-0.4, -0.2) is 42.0 Å². The number of hydrogen-bond acceptors (Lipinski definition) is 4. The molecule has 1 saturated heterocycles. The third-order valence-electron chi connectivity index (χ3n) is 5.12. The highest BCUT2D eigenvalue weighted by Crippen LogP contribution is 2.40. The summed E-state index contributed by atoms with van der Waals surface area (Å²) in [5.41, 5.74) is 3.34. The quantitative estimate of drug-likeness (QED) is 0.208. The van der Waals surface area contributed by atoms with Gasteiger partial charge in [0.05, 0.1) is 11.6 Å². The van der Waals surface area contributed by atoms with Crippen LogP contribution in [0.3, 0.4) is 0 Å². The van der Waals surface area contributed by atoms with Gasteiger partial charge in [0.15, 0.2) is 0 Å². The molecule has 1 unspecified atom stereocenters. The van der Waals surface area contributed by atoms with E-state index >= 15 is 0 Å². The van der Waals surface area contributed by atoms with Gasteiger partial charge < -0.3 is 14.7 Å². The SMILES string of the molecule is COCCCN1C(=O)C(=O)/C(=C(/O)c2cc(C)ccc2C)C1c1ccc(I)cc1. The standard InChI is InChI=1S/C23H24INO4/c1-14-5-6-15(2)18(13-14)21(26)19-20(16-7-9-17(24)10-8-16)25(11-4-12-29-3)23(28)22(19)27/h5-10,13,20,26H,4,11-12H2,1-3H3/b21-19+. The van der Waals surface area contributed by atoms with Crippen molar-refractivity contribution < 1.29 is 19.4 Å². The lowest BCUT2D eigenvalue weighted by Gasteiger charge is -2.25. The molecule has 0 bridgehead atoms. The number of aryl methyl sites for hydroxylation is 2. The van der Waals surface area contributed by atoms with Crippen LogP contribution in [0, 0.1) is 17.4 Å². The van der Waals surface area contributed by atoms with Crippen LogP contribution in [-0.2, 0) is 14.3 Å². The maximum Gasteiger partial charge on any atom is 0.295 e. The second kappa shape index (κ2) is 9.09. The molecule has 2 aromatic rings. The van der Waals surface area contributed by atoms with Crippen LogP contribution in [0.2, 0.25) is 0 Å². The molecule has 1 aliphatic rings. The molecule has 0 spiro atoms. The van der Waals surface area contributed by atoms with Gasteiger partial charge in [-0.1, -0.05) is 29.8 Å². The third-order valence-corrected chi connectivity index (χ3v) is 5.84. The second-order valence-electron chi connectivity index (χ2n) is 7.21. The second-order valence-corrected chi connectivity index (χ2v) is 8.45. The maximum atomic E-state index is 13.0. The highest BCUT2D eigenvalue weighted by atomic mass is 127. The van der Waals surface area contributed by atoms with Crippen LogP contribution >= 0.6 is 22.6 Å². The van der Waals surface area contributed by atoms with Crippen LogP contribution < -0.4 is 0 Å². The fourth-order valence-electron chi connectivity index (χ4n) is 3.62. The third kappa shape index (κ3) is 4.38. The lowest BCUT2D eigenvalue weighted by atomic mass is 9.93. The number of halogens is 1. The number of Topliss-reactive ketones (excluding diaryl/α,β-unsaturated/α-hetero) is 1. The molecule has 0 saturated carbocycles. The lowest BCUT2D eigenvalue weighted by molar-refractivity contribution is -0.140. The normalized spacial score (nSPS) is 18.5. The van der Waals surface area contributed by atoms with E-state index in [-0.39, 0.29) is 11.3 Å². The average molecular weight is 505 g/mol. The summed E-state index contributed by atoms with van der Waals surface area (Å²) in [6.45, 7) is 4.66. The van der Waals surface area contributed by atoms with Gasteiger partial charge in [0.1, 0.15) is 5.76 Å². The monoisotopic (exact) mass is 505 g/mol. The molecule has 6 heteroatoms.